The van der Waals surface area contributed by atoms with Crippen molar-refractivity contribution in [2.24, 2.45) is 0 Å². The third-order valence-electron chi connectivity index (χ3n) is 1.20. The Morgan fingerprint density at radius 2 is 1.82 bits per heavy atom. The fraction of sp³-hybridized carbons (Fsp3) is 1.00. The molecule has 0 unspecified atom stereocenters. The molecule has 3 nitrogen and oxygen atoms in total. The van der Waals surface area contributed by atoms with E-state index in [-0.39, 0.29) is 5.54 Å². The van der Waals surface area contributed by atoms with Gasteiger partial charge >= 0.3 is 0 Å². The van der Waals surface area contributed by atoms with Crippen LogP contribution in [0.3, 0.4) is 0 Å². The highest BCUT2D eigenvalue weighted by molar-refractivity contribution is 4.69. The highest BCUT2D eigenvalue weighted by atomic mass is 16.5. The van der Waals surface area contributed by atoms with Gasteiger partial charge < -0.3 is 10.1 Å². The number of hydrogen-bond donors (Lipinski definition) is 2. The summed E-state index contributed by atoms with van der Waals surface area (Å²) >= 11 is 0. The maximum atomic E-state index is 4.84. The monoisotopic (exact) mass is 160 g/mol. The second-order valence-corrected chi connectivity index (χ2v) is 3.61. The summed E-state index contributed by atoms with van der Waals surface area (Å²) in [5, 5.41) is 6.49. The molecule has 0 saturated carbocycles. The summed E-state index contributed by atoms with van der Waals surface area (Å²) in [6.07, 6.45) is 0. The van der Waals surface area contributed by atoms with Crippen LogP contribution in [-0.2, 0) is 4.74 Å². The van der Waals surface area contributed by atoms with Crippen molar-refractivity contribution in [2.45, 2.75) is 26.3 Å². The molecule has 0 aliphatic heterocycles. The molecule has 0 aromatic carbocycles. The summed E-state index contributed by atoms with van der Waals surface area (Å²) in [4.78, 5) is 0. The molecule has 0 aliphatic rings. The second-order valence-electron chi connectivity index (χ2n) is 3.61. The number of ether oxygens (including phenoxy) is 1. The van der Waals surface area contributed by atoms with Crippen LogP contribution in [0.4, 0.5) is 0 Å². The van der Waals surface area contributed by atoms with Crippen molar-refractivity contribution in [3.8, 4) is 0 Å². The van der Waals surface area contributed by atoms with Crippen LogP contribution in [0.25, 0.3) is 0 Å². The van der Waals surface area contributed by atoms with Crippen molar-refractivity contribution in [1.82, 2.24) is 10.6 Å². The maximum absolute atomic E-state index is 4.84. The van der Waals surface area contributed by atoms with Gasteiger partial charge in [0.1, 0.15) is 0 Å². The van der Waals surface area contributed by atoms with Crippen molar-refractivity contribution >= 4 is 0 Å². The molecule has 0 aliphatic carbocycles. The van der Waals surface area contributed by atoms with E-state index in [4.69, 9.17) is 4.74 Å². The van der Waals surface area contributed by atoms with Crippen LogP contribution in [0, 0.1) is 0 Å². The minimum Gasteiger partial charge on any atom is -0.370 e. The third kappa shape index (κ3) is 9.88. The zero-order valence-electron chi connectivity index (χ0n) is 8.03. The van der Waals surface area contributed by atoms with E-state index >= 15 is 0 Å². The number of methoxy groups -OCH3 is 1. The molecule has 0 bridgehead atoms. The molecule has 11 heavy (non-hydrogen) atoms. The van der Waals surface area contributed by atoms with Crippen LogP contribution in [-0.4, -0.2) is 32.5 Å². The van der Waals surface area contributed by atoms with Gasteiger partial charge in [0.2, 0.25) is 0 Å². The van der Waals surface area contributed by atoms with Gasteiger partial charge in [0.05, 0.1) is 6.73 Å². The minimum absolute atomic E-state index is 0.217. The molecule has 68 valence electrons. The lowest BCUT2D eigenvalue weighted by atomic mass is 10.1. The lowest BCUT2D eigenvalue weighted by molar-refractivity contribution is 0.175. The Labute approximate surface area is 69.5 Å². The Kier molecular flexibility index (Phi) is 5.46. The first-order valence-electron chi connectivity index (χ1n) is 4.01. The predicted octanol–water partition coefficient (Wildman–Crippen LogP) is 0.568. The van der Waals surface area contributed by atoms with Crippen LogP contribution >= 0.6 is 0 Å². The average Bonchev–Trinajstić information content (AvgIpc) is 1.85. The SMILES string of the molecule is COCNCCNC(C)(C)C. The smallest absolute Gasteiger partial charge is 0.0961 e. The van der Waals surface area contributed by atoms with Crippen molar-refractivity contribution in [1.29, 1.82) is 0 Å². The van der Waals surface area contributed by atoms with E-state index in [1.165, 1.54) is 0 Å². The Hall–Kier alpha value is -0.120. The predicted molar refractivity (Wildman–Crippen MR) is 47.6 cm³/mol. The van der Waals surface area contributed by atoms with Crippen LogP contribution < -0.4 is 10.6 Å². The first-order valence-corrected chi connectivity index (χ1v) is 4.01. The van der Waals surface area contributed by atoms with E-state index in [0.717, 1.165) is 13.1 Å². The number of rotatable bonds is 5. The van der Waals surface area contributed by atoms with Crippen LogP contribution in [0.1, 0.15) is 20.8 Å². The molecule has 0 amide bonds. The third-order valence-corrected chi connectivity index (χ3v) is 1.20. The number of hydrogen-bond acceptors (Lipinski definition) is 3. The van der Waals surface area contributed by atoms with E-state index in [9.17, 15) is 0 Å². The Morgan fingerprint density at radius 1 is 1.18 bits per heavy atom. The first-order chi connectivity index (χ1) is 5.06. The first kappa shape index (κ1) is 10.9. The van der Waals surface area contributed by atoms with E-state index in [2.05, 4.69) is 31.4 Å². The summed E-state index contributed by atoms with van der Waals surface area (Å²) in [6, 6.07) is 0. The van der Waals surface area contributed by atoms with Gasteiger partial charge in [0.15, 0.2) is 0 Å². The van der Waals surface area contributed by atoms with E-state index in [1.54, 1.807) is 7.11 Å². The summed E-state index contributed by atoms with van der Waals surface area (Å²) in [6.45, 7) is 9.03. The molecule has 0 aromatic heterocycles. The van der Waals surface area contributed by atoms with Crippen molar-refractivity contribution in [3.05, 3.63) is 0 Å². The molecule has 0 saturated heterocycles. The topological polar surface area (TPSA) is 33.3 Å². The van der Waals surface area contributed by atoms with Crippen molar-refractivity contribution in [3.63, 3.8) is 0 Å². The van der Waals surface area contributed by atoms with Gasteiger partial charge in [0.25, 0.3) is 0 Å². The van der Waals surface area contributed by atoms with Gasteiger partial charge in [-0.15, -0.1) is 0 Å². The van der Waals surface area contributed by atoms with E-state index in [1.807, 2.05) is 0 Å². The molecule has 0 spiro atoms. The zero-order chi connectivity index (χ0) is 8.74. The van der Waals surface area contributed by atoms with Gasteiger partial charge in [0, 0.05) is 25.7 Å². The van der Waals surface area contributed by atoms with Crippen LogP contribution in [0.2, 0.25) is 0 Å². The van der Waals surface area contributed by atoms with Crippen LogP contribution in [0.15, 0.2) is 0 Å². The Bertz CT molecular complexity index is 88.6. The fourth-order valence-electron chi connectivity index (χ4n) is 0.700. The lowest BCUT2D eigenvalue weighted by Gasteiger charge is -2.20. The maximum Gasteiger partial charge on any atom is 0.0961 e. The van der Waals surface area contributed by atoms with Gasteiger partial charge in [-0.25, -0.2) is 0 Å². The molecule has 0 rings (SSSR count). The van der Waals surface area contributed by atoms with Crippen LogP contribution in [0.5, 0.6) is 0 Å². The number of nitrogens with one attached hydrogen (secondary N) is 2. The molecule has 0 heterocycles. The standard InChI is InChI=1S/C8H20N2O/c1-8(2,3)10-6-5-9-7-11-4/h9-10H,5-7H2,1-4H3. The van der Waals surface area contributed by atoms with Crippen molar-refractivity contribution in [2.75, 3.05) is 26.9 Å². The second kappa shape index (κ2) is 5.52. The molecular formula is C8H20N2O. The Balaban J connectivity index is 3.02. The summed E-state index contributed by atoms with van der Waals surface area (Å²) in [7, 11) is 1.68. The molecule has 3 heteroatoms. The molecule has 0 aromatic rings. The largest absolute Gasteiger partial charge is 0.370 e. The summed E-state index contributed by atoms with van der Waals surface area (Å²) in [5.41, 5.74) is 0.217. The molecular weight excluding hydrogens is 140 g/mol. The van der Waals surface area contributed by atoms with Gasteiger partial charge in [-0.3, -0.25) is 5.32 Å². The summed E-state index contributed by atoms with van der Waals surface area (Å²) in [5.74, 6) is 0. The molecule has 0 fully saturated rings. The normalized spacial score (nSPS) is 12.0. The van der Waals surface area contributed by atoms with Gasteiger partial charge in [-0.05, 0) is 20.8 Å². The fourth-order valence-corrected chi connectivity index (χ4v) is 0.700. The van der Waals surface area contributed by atoms with Gasteiger partial charge in [-0.1, -0.05) is 0 Å². The molecule has 2 N–H and O–H groups in total. The quantitative estimate of drug-likeness (QED) is 0.455. The van der Waals surface area contributed by atoms with Gasteiger partial charge in [-0.2, -0.15) is 0 Å². The minimum atomic E-state index is 0.217. The lowest BCUT2D eigenvalue weighted by Crippen LogP contribution is -2.40. The Morgan fingerprint density at radius 3 is 2.27 bits per heavy atom. The molecule has 0 atom stereocenters. The van der Waals surface area contributed by atoms with E-state index in [0.29, 0.717) is 6.73 Å². The highest BCUT2D eigenvalue weighted by Gasteiger charge is 2.06. The van der Waals surface area contributed by atoms with Crippen molar-refractivity contribution < 1.29 is 4.74 Å². The zero-order valence-corrected chi connectivity index (χ0v) is 8.03. The average molecular weight is 160 g/mol. The molecule has 0 radical (unpaired) electrons. The summed E-state index contributed by atoms with van der Waals surface area (Å²) < 4.78 is 4.84. The van der Waals surface area contributed by atoms with E-state index < -0.39 is 0 Å². The highest BCUT2D eigenvalue weighted by Crippen LogP contribution is 1.95.